The normalized spacial score (nSPS) is 10.5. The number of hydrogen-bond donors (Lipinski definition) is 2. The van der Waals surface area contributed by atoms with Crippen molar-refractivity contribution in [1.29, 1.82) is 0 Å². The van der Waals surface area contributed by atoms with Gasteiger partial charge in [-0.25, -0.2) is 8.78 Å². The van der Waals surface area contributed by atoms with E-state index < -0.39 is 11.6 Å². The number of hydrogen-bond acceptors (Lipinski definition) is 2. The van der Waals surface area contributed by atoms with Crippen LogP contribution in [0.1, 0.15) is 5.56 Å². The summed E-state index contributed by atoms with van der Waals surface area (Å²) in [5.41, 5.74) is 0.646. The van der Waals surface area contributed by atoms with Gasteiger partial charge in [0.2, 0.25) is 0 Å². The summed E-state index contributed by atoms with van der Waals surface area (Å²) >= 11 is 0. The number of phenols is 1. The summed E-state index contributed by atoms with van der Waals surface area (Å²) in [5.74, 6) is -1.38. The predicted octanol–water partition coefficient (Wildman–Crippen LogP) is 2.83. The molecule has 0 aliphatic carbocycles. The van der Waals surface area contributed by atoms with Gasteiger partial charge in [-0.15, -0.1) is 0 Å². The van der Waals surface area contributed by atoms with Crippen molar-refractivity contribution < 1.29 is 19.0 Å². The highest BCUT2D eigenvalue weighted by Crippen LogP contribution is 2.32. The van der Waals surface area contributed by atoms with Crippen LogP contribution in [-0.2, 0) is 6.61 Å². The monoisotopic (exact) mass is 236 g/mol. The van der Waals surface area contributed by atoms with Gasteiger partial charge in [0.05, 0.1) is 6.61 Å². The SMILES string of the molecule is OCc1ccc(O)c(-c2cc(F)ccc2F)c1. The minimum Gasteiger partial charge on any atom is -0.507 e. The lowest BCUT2D eigenvalue weighted by atomic mass is 10.0. The highest BCUT2D eigenvalue weighted by atomic mass is 19.1. The summed E-state index contributed by atoms with van der Waals surface area (Å²) in [5, 5.41) is 18.6. The van der Waals surface area contributed by atoms with Crippen molar-refractivity contribution in [3.8, 4) is 16.9 Å². The molecule has 0 fully saturated rings. The van der Waals surface area contributed by atoms with Gasteiger partial charge in [-0.1, -0.05) is 6.07 Å². The van der Waals surface area contributed by atoms with Crippen molar-refractivity contribution in [3.05, 3.63) is 53.6 Å². The summed E-state index contributed by atoms with van der Waals surface area (Å²) in [6.07, 6.45) is 0. The molecule has 0 radical (unpaired) electrons. The number of aliphatic hydroxyl groups excluding tert-OH is 1. The molecule has 88 valence electrons. The third kappa shape index (κ3) is 2.26. The summed E-state index contributed by atoms with van der Waals surface area (Å²) in [6.45, 7) is -0.232. The van der Waals surface area contributed by atoms with Crippen LogP contribution in [0.25, 0.3) is 11.1 Å². The first-order valence-corrected chi connectivity index (χ1v) is 5.00. The van der Waals surface area contributed by atoms with E-state index >= 15 is 0 Å². The van der Waals surface area contributed by atoms with Crippen LogP contribution in [0.3, 0.4) is 0 Å². The third-order valence-electron chi connectivity index (χ3n) is 2.46. The Morgan fingerprint density at radius 2 is 1.71 bits per heavy atom. The molecular weight excluding hydrogens is 226 g/mol. The maximum absolute atomic E-state index is 13.5. The van der Waals surface area contributed by atoms with E-state index in [1.807, 2.05) is 0 Å². The summed E-state index contributed by atoms with van der Waals surface area (Å²) in [7, 11) is 0. The van der Waals surface area contributed by atoms with E-state index in [2.05, 4.69) is 0 Å². The molecule has 4 heteroatoms. The van der Waals surface area contributed by atoms with Crippen molar-refractivity contribution in [1.82, 2.24) is 0 Å². The third-order valence-corrected chi connectivity index (χ3v) is 2.46. The van der Waals surface area contributed by atoms with Gasteiger partial charge >= 0.3 is 0 Å². The average molecular weight is 236 g/mol. The van der Waals surface area contributed by atoms with Crippen molar-refractivity contribution in [2.45, 2.75) is 6.61 Å². The number of phenolic OH excluding ortho intramolecular Hbond substituents is 1. The van der Waals surface area contributed by atoms with Crippen LogP contribution in [0.4, 0.5) is 8.78 Å². The largest absolute Gasteiger partial charge is 0.507 e. The molecule has 0 amide bonds. The first-order valence-electron chi connectivity index (χ1n) is 5.00. The molecule has 2 nitrogen and oxygen atoms in total. The van der Waals surface area contributed by atoms with E-state index in [0.29, 0.717) is 5.56 Å². The minimum atomic E-state index is -0.628. The second-order valence-electron chi connectivity index (χ2n) is 3.63. The Labute approximate surface area is 96.8 Å². The maximum Gasteiger partial charge on any atom is 0.131 e. The first kappa shape index (κ1) is 11.5. The van der Waals surface area contributed by atoms with Gasteiger partial charge in [0, 0.05) is 11.1 Å². The van der Waals surface area contributed by atoms with Crippen molar-refractivity contribution in [3.63, 3.8) is 0 Å². The van der Waals surface area contributed by atoms with Crippen molar-refractivity contribution in [2.24, 2.45) is 0 Å². The van der Waals surface area contributed by atoms with Gasteiger partial charge in [0.25, 0.3) is 0 Å². The molecule has 0 aliphatic rings. The van der Waals surface area contributed by atoms with Crippen molar-refractivity contribution in [2.75, 3.05) is 0 Å². The Morgan fingerprint density at radius 3 is 2.41 bits per heavy atom. The molecule has 0 spiro atoms. The van der Waals surface area contributed by atoms with Crippen LogP contribution in [0, 0.1) is 11.6 Å². The number of rotatable bonds is 2. The number of aromatic hydroxyl groups is 1. The molecule has 0 aliphatic heterocycles. The van der Waals surface area contributed by atoms with E-state index in [9.17, 15) is 13.9 Å². The summed E-state index contributed by atoms with van der Waals surface area (Å²) < 4.78 is 26.6. The Hall–Kier alpha value is -1.94. The van der Waals surface area contributed by atoms with Gasteiger partial charge < -0.3 is 10.2 Å². The zero-order valence-electron chi connectivity index (χ0n) is 8.82. The van der Waals surface area contributed by atoms with E-state index in [0.717, 1.165) is 18.2 Å². The molecule has 0 atom stereocenters. The van der Waals surface area contributed by atoms with Gasteiger partial charge in [-0.05, 0) is 35.9 Å². The Bertz CT molecular complexity index is 553. The topological polar surface area (TPSA) is 40.5 Å². The fourth-order valence-corrected chi connectivity index (χ4v) is 1.60. The van der Waals surface area contributed by atoms with E-state index in [1.54, 1.807) is 0 Å². The highest BCUT2D eigenvalue weighted by Gasteiger charge is 2.11. The molecule has 0 aromatic heterocycles. The van der Waals surface area contributed by atoms with Gasteiger partial charge in [0.1, 0.15) is 17.4 Å². The quantitative estimate of drug-likeness (QED) is 0.841. The zero-order chi connectivity index (χ0) is 12.4. The lowest BCUT2D eigenvalue weighted by molar-refractivity contribution is 0.282. The second-order valence-corrected chi connectivity index (χ2v) is 3.63. The standard InChI is InChI=1S/C13H10F2O2/c14-9-2-3-12(15)10(6-9)11-5-8(7-16)1-4-13(11)17/h1-6,16-17H,7H2. The van der Waals surface area contributed by atoms with E-state index in [1.165, 1.54) is 18.2 Å². The van der Waals surface area contributed by atoms with Crippen LogP contribution < -0.4 is 0 Å². The summed E-state index contributed by atoms with van der Waals surface area (Å²) in [6, 6.07) is 7.28. The van der Waals surface area contributed by atoms with E-state index in [4.69, 9.17) is 5.11 Å². The number of halogens is 2. The van der Waals surface area contributed by atoms with Gasteiger partial charge in [0.15, 0.2) is 0 Å². The Morgan fingerprint density at radius 1 is 0.941 bits per heavy atom. The lowest BCUT2D eigenvalue weighted by Crippen LogP contribution is -1.90. The number of aliphatic hydroxyl groups is 1. The minimum absolute atomic E-state index is 0.0298. The molecular formula is C13H10F2O2. The molecule has 0 bridgehead atoms. The zero-order valence-corrected chi connectivity index (χ0v) is 8.82. The Balaban J connectivity index is 2.62. The molecule has 0 heterocycles. The second kappa shape index (κ2) is 4.51. The highest BCUT2D eigenvalue weighted by molar-refractivity contribution is 5.71. The molecule has 0 saturated carbocycles. The maximum atomic E-state index is 13.5. The first-order chi connectivity index (χ1) is 8.11. The smallest absolute Gasteiger partial charge is 0.131 e. The molecule has 0 saturated heterocycles. The Kier molecular flexibility index (Phi) is 3.06. The van der Waals surface area contributed by atoms with Gasteiger partial charge in [-0.2, -0.15) is 0 Å². The number of benzene rings is 2. The van der Waals surface area contributed by atoms with Crippen LogP contribution in [-0.4, -0.2) is 10.2 Å². The molecule has 2 rings (SSSR count). The average Bonchev–Trinajstić information content (AvgIpc) is 2.33. The van der Waals surface area contributed by atoms with Crippen LogP contribution in [0.2, 0.25) is 0 Å². The van der Waals surface area contributed by atoms with Crippen LogP contribution in [0.5, 0.6) is 5.75 Å². The summed E-state index contributed by atoms with van der Waals surface area (Å²) in [4.78, 5) is 0. The van der Waals surface area contributed by atoms with Crippen LogP contribution >= 0.6 is 0 Å². The fraction of sp³-hybridized carbons (Fsp3) is 0.0769. The molecule has 0 unspecified atom stereocenters. The molecule has 2 aromatic carbocycles. The van der Waals surface area contributed by atoms with Crippen molar-refractivity contribution >= 4 is 0 Å². The predicted molar refractivity (Wildman–Crippen MR) is 59.4 cm³/mol. The molecule has 2 N–H and O–H groups in total. The molecule has 2 aromatic rings. The van der Waals surface area contributed by atoms with Gasteiger partial charge in [-0.3, -0.25) is 0 Å². The fourth-order valence-electron chi connectivity index (χ4n) is 1.60. The lowest BCUT2D eigenvalue weighted by Gasteiger charge is -2.08. The molecule has 17 heavy (non-hydrogen) atoms. The van der Waals surface area contributed by atoms with Crippen LogP contribution in [0.15, 0.2) is 36.4 Å². The van der Waals surface area contributed by atoms with E-state index in [-0.39, 0.29) is 23.5 Å².